The van der Waals surface area contributed by atoms with Crippen LogP contribution in [0.2, 0.25) is 0 Å². The molecule has 1 atom stereocenters. The second-order valence-electron chi connectivity index (χ2n) is 5.57. The molecule has 1 aliphatic rings. The van der Waals surface area contributed by atoms with Gasteiger partial charge in [0.2, 0.25) is 0 Å². The number of ether oxygens (including phenoxy) is 1. The van der Waals surface area contributed by atoms with Crippen LogP contribution in [-0.4, -0.2) is 25.6 Å². The van der Waals surface area contributed by atoms with Gasteiger partial charge in [-0.3, -0.25) is 4.79 Å². The number of benzene rings is 2. The standard InChI is InChI=1S/C18H18F2N2O2/c19-18(20)24-14-7-5-13(6-8-14)17(23)22-11-16-15-4-2-1-3-12(15)9-10-21-16/h1-8,16,18,21H,9-11H2,(H,22,23). The lowest BCUT2D eigenvalue weighted by molar-refractivity contribution is -0.0498. The fourth-order valence-electron chi connectivity index (χ4n) is 2.86. The van der Waals surface area contributed by atoms with Gasteiger partial charge in [0.05, 0.1) is 0 Å². The van der Waals surface area contributed by atoms with Gasteiger partial charge < -0.3 is 15.4 Å². The molecule has 0 spiro atoms. The van der Waals surface area contributed by atoms with Crippen molar-refractivity contribution in [3.63, 3.8) is 0 Å². The molecule has 1 amide bonds. The number of fused-ring (bicyclic) bond motifs is 1. The van der Waals surface area contributed by atoms with Gasteiger partial charge in [-0.05, 0) is 48.4 Å². The van der Waals surface area contributed by atoms with Crippen LogP contribution in [0.25, 0.3) is 0 Å². The Kier molecular flexibility index (Phi) is 5.05. The lowest BCUT2D eigenvalue weighted by Crippen LogP contribution is -2.38. The molecule has 1 aliphatic heterocycles. The second-order valence-corrected chi connectivity index (χ2v) is 5.57. The summed E-state index contributed by atoms with van der Waals surface area (Å²) in [5, 5.41) is 6.27. The van der Waals surface area contributed by atoms with Crippen LogP contribution in [0.4, 0.5) is 8.78 Å². The lowest BCUT2D eigenvalue weighted by Gasteiger charge is -2.27. The molecule has 0 saturated heterocycles. The van der Waals surface area contributed by atoms with E-state index in [2.05, 4.69) is 27.5 Å². The molecule has 126 valence electrons. The molecule has 0 radical (unpaired) electrons. The van der Waals surface area contributed by atoms with Gasteiger partial charge in [0.1, 0.15) is 5.75 Å². The summed E-state index contributed by atoms with van der Waals surface area (Å²) in [5.74, 6) is -0.215. The van der Waals surface area contributed by atoms with E-state index in [0.29, 0.717) is 12.1 Å². The fourth-order valence-corrected chi connectivity index (χ4v) is 2.86. The largest absolute Gasteiger partial charge is 0.435 e. The normalized spacial score (nSPS) is 16.5. The van der Waals surface area contributed by atoms with E-state index < -0.39 is 6.61 Å². The van der Waals surface area contributed by atoms with Crippen LogP contribution in [0.5, 0.6) is 5.75 Å². The van der Waals surface area contributed by atoms with Crippen LogP contribution in [0.15, 0.2) is 48.5 Å². The number of halogens is 2. The number of alkyl halides is 2. The molecule has 24 heavy (non-hydrogen) atoms. The molecule has 1 heterocycles. The van der Waals surface area contributed by atoms with Crippen molar-refractivity contribution >= 4 is 5.91 Å². The van der Waals surface area contributed by atoms with Gasteiger partial charge in [-0.15, -0.1) is 0 Å². The van der Waals surface area contributed by atoms with Crippen LogP contribution in [0, 0.1) is 0 Å². The fraction of sp³-hybridized carbons (Fsp3) is 0.278. The first-order valence-corrected chi connectivity index (χ1v) is 7.78. The quantitative estimate of drug-likeness (QED) is 0.885. The number of rotatable bonds is 5. The van der Waals surface area contributed by atoms with Gasteiger partial charge in [0, 0.05) is 18.2 Å². The minimum Gasteiger partial charge on any atom is -0.435 e. The zero-order chi connectivity index (χ0) is 16.9. The topological polar surface area (TPSA) is 50.4 Å². The molecule has 4 nitrogen and oxygen atoms in total. The van der Waals surface area contributed by atoms with Crippen molar-refractivity contribution in [2.45, 2.75) is 19.1 Å². The van der Waals surface area contributed by atoms with Gasteiger partial charge >= 0.3 is 6.61 Å². The summed E-state index contributed by atoms with van der Waals surface area (Å²) < 4.78 is 28.5. The van der Waals surface area contributed by atoms with Crippen molar-refractivity contribution in [3.05, 3.63) is 65.2 Å². The second kappa shape index (κ2) is 7.40. The third-order valence-electron chi connectivity index (χ3n) is 4.02. The molecule has 6 heteroatoms. The molecular formula is C18H18F2N2O2. The van der Waals surface area contributed by atoms with Gasteiger partial charge in [0.25, 0.3) is 5.91 Å². The Morgan fingerprint density at radius 3 is 2.71 bits per heavy atom. The molecule has 0 aromatic heterocycles. The van der Waals surface area contributed by atoms with Crippen molar-refractivity contribution in [1.29, 1.82) is 0 Å². The molecule has 2 aromatic rings. The highest BCUT2D eigenvalue weighted by Gasteiger charge is 2.19. The highest BCUT2D eigenvalue weighted by Crippen LogP contribution is 2.22. The number of hydrogen-bond acceptors (Lipinski definition) is 3. The monoisotopic (exact) mass is 332 g/mol. The SMILES string of the molecule is O=C(NCC1NCCc2ccccc21)c1ccc(OC(F)F)cc1. The minimum absolute atomic E-state index is 0.0319. The Balaban J connectivity index is 1.60. The summed E-state index contributed by atoms with van der Waals surface area (Å²) in [6.45, 7) is -1.54. The Hall–Kier alpha value is -2.47. The van der Waals surface area contributed by atoms with Gasteiger partial charge in [-0.1, -0.05) is 24.3 Å². The predicted octanol–water partition coefficient (Wildman–Crippen LogP) is 2.90. The summed E-state index contributed by atoms with van der Waals surface area (Å²) in [5.41, 5.74) is 2.90. The Morgan fingerprint density at radius 1 is 1.21 bits per heavy atom. The molecular weight excluding hydrogens is 314 g/mol. The van der Waals surface area contributed by atoms with Crippen LogP contribution in [0.1, 0.15) is 27.5 Å². The van der Waals surface area contributed by atoms with Crippen molar-refractivity contribution in [2.75, 3.05) is 13.1 Å². The third-order valence-corrected chi connectivity index (χ3v) is 4.02. The molecule has 2 aromatic carbocycles. The van der Waals surface area contributed by atoms with Crippen LogP contribution in [0.3, 0.4) is 0 Å². The Labute approximate surface area is 138 Å². The molecule has 2 N–H and O–H groups in total. The number of carbonyl (C=O) groups is 1. The van der Waals surface area contributed by atoms with Crippen LogP contribution < -0.4 is 15.4 Å². The molecule has 0 fully saturated rings. The van der Waals surface area contributed by atoms with Gasteiger partial charge in [-0.2, -0.15) is 8.78 Å². The van der Waals surface area contributed by atoms with E-state index in [0.717, 1.165) is 13.0 Å². The van der Waals surface area contributed by atoms with E-state index in [1.165, 1.54) is 35.4 Å². The zero-order valence-electron chi connectivity index (χ0n) is 13.0. The van der Waals surface area contributed by atoms with Gasteiger partial charge in [-0.25, -0.2) is 0 Å². The third kappa shape index (κ3) is 3.89. The Morgan fingerprint density at radius 2 is 1.96 bits per heavy atom. The average molecular weight is 332 g/mol. The van der Waals surface area contributed by atoms with E-state index in [4.69, 9.17) is 0 Å². The van der Waals surface area contributed by atoms with E-state index in [1.54, 1.807) is 0 Å². The average Bonchev–Trinajstić information content (AvgIpc) is 2.59. The molecule has 0 aliphatic carbocycles. The molecule has 3 rings (SSSR count). The summed E-state index contributed by atoms with van der Waals surface area (Å²) >= 11 is 0. The summed E-state index contributed by atoms with van der Waals surface area (Å²) in [6.07, 6.45) is 0.978. The maximum absolute atomic E-state index is 12.2. The van der Waals surface area contributed by atoms with Crippen LogP contribution >= 0.6 is 0 Å². The van der Waals surface area contributed by atoms with E-state index >= 15 is 0 Å². The van der Waals surface area contributed by atoms with Crippen LogP contribution in [-0.2, 0) is 6.42 Å². The summed E-state index contributed by atoms with van der Waals surface area (Å²) in [7, 11) is 0. The highest BCUT2D eigenvalue weighted by atomic mass is 19.3. The first kappa shape index (κ1) is 16.4. The molecule has 1 unspecified atom stereocenters. The predicted molar refractivity (Wildman–Crippen MR) is 86.3 cm³/mol. The van der Waals surface area contributed by atoms with Crippen molar-refractivity contribution < 1.29 is 18.3 Å². The maximum atomic E-state index is 12.2. The van der Waals surface area contributed by atoms with E-state index in [-0.39, 0.29) is 17.7 Å². The van der Waals surface area contributed by atoms with Crippen molar-refractivity contribution in [2.24, 2.45) is 0 Å². The number of nitrogens with one attached hydrogen (secondary N) is 2. The van der Waals surface area contributed by atoms with Gasteiger partial charge in [0.15, 0.2) is 0 Å². The molecule has 0 saturated carbocycles. The first-order chi connectivity index (χ1) is 11.6. The number of amides is 1. The maximum Gasteiger partial charge on any atom is 0.387 e. The lowest BCUT2D eigenvalue weighted by atomic mass is 9.94. The number of carbonyl (C=O) groups excluding carboxylic acids is 1. The van der Waals surface area contributed by atoms with Crippen molar-refractivity contribution in [1.82, 2.24) is 10.6 Å². The van der Waals surface area contributed by atoms with Crippen molar-refractivity contribution in [3.8, 4) is 5.75 Å². The Bertz CT molecular complexity index is 704. The molecule has 0 bridgehead atoms. The number of hydrogen-bond donors (Lipinski definition) is 2. The minimum atomic E-state index is -2.87. The zero-order valence-corrected chi connectivity index (χ0v) is 13.0. The van der Waals surface area contributed by atoms with E-state index in [1.807, 2.05) is 12.1 Å². The van der Waals surface area contributed by atoms with E-state index in [9.17, 15) is 13.6 Å². The smallest absolute Gasteiger partial charge is 0.387 e. The summed E-state index contributed by atoms with van der Waals surface area (Å²) in [4.78, 5) is 12.2. The first-order valence-electron chi connectivity index (χ1n) is 7.78. The summed E-state index contributed by atoms with van der Waals surface area (Å²) in [6, 6.07) is 13.9. The highest BCUT2D eigenvalue weighted by molar-refractivity contribution is 5.94.